The van der Waals surface area contributed by atoms with E-state index in [1.807, 2.05) is 7.11 Å². The van der Waals surface area contributed by atoms with Crippen molar-refractivity contribution in [2.24, 2.45) is 5.92 Å². The lowest BCUT2D eigenvalue weighted by Gasteiger charge is -2.47. The molecule has 150 valence electrons. The molecule has 7 heteroatoms. The van der Waals surface area contributed by atoms with Gasteiger partial charge in [0.15, 0.2) is 0 Å². The Morgan fingerprint density at radius 3 is 2.78 bits per heavy atom. The number of methoxy groups -OCH3 is 1. The van der Waals surface area contributed by atoms with Crippen LogP contribution in [0.15, 0.2) is 24.4 Å². The van der Waals surface area contributed by atoms with Gasteiger partial charge in [-0.15, -0.1) is 0 Å². The van der Waals surface area contributed by atoms with E-state index in [-0.39, 0.29) is 0 Å². The summed E-state index contributed by atoms with van der Waals surface area (Å²) in [7, 11) is -1.83. The van der Waals surface area contributed by atoms with Crippen LogP contribution < -0.4 is 0 Å². The number of aromatic nitrogens is 1. The molecule has 1 aromatic carbocycles. The normalized spacial score (nSPS) is 25.0. The van der Waals surface area contributed by atoms with Gasteiger partial charge in [-0.3, -0.25) is 9.45 Å². The van der Waals surface area contributed by atoms with E-state index in [0.29, 0.717) is 24.1 Å². The molecule has 2 aromatic rings. The lowest BCUT2D eigenvalue weighted by molar-refractivity contribution is 0.0428. The second kappa shape index (κ2) is 8.31. The van der Waals surface area contributed by atoms with Crippen LogP contribution in [0.2, 0.25) is 0 Å². The minimum Gasteiger partial charge on any atom is -0.384 e. The van der Waals surface area contributed by atoms with Crippen LogP contribution in [0.4, 0.5) is 0 Å². The molecule has 27 heavy (non-hydrogen) atoms. The molecule has 0 unspecified atom stereocenters. The standard InChI is InChI=1S/C19H26N2O.CH4O3S/c1-3-7-21-11-13(12-22-2)8-16-15-5-4-6-17-19(15)14(10-20-17)9-18(16)21;1-5(2,3)4/h4-6,10,13,16,18,20H,3,7-9,11-12H2,1-2H3;1H3,(H,2,3,4)/t13-,16-,18-;/m1./s1. The maximum Gasteiger partial charge on any atom is 0.261 e. The van der Waals surface area contributed by atoms with Crippen LogP contribution in [0.1, 0.15) is 36.8 Å². The number of hydrogen-bond acceptors (Lipinski definition) is 4. The van der Waals surface area contributed by atoms with Gasteiger partial charge in [-0.05, 0) is 48.9 Å². The predicted molar refractivity (Wildman–Crippen MR) is 108 cm³/mol. The van der Waals surface area contributed by atoms with Crippen molar-refractivity contribution in [3.63, 3.8) is 0 Å². The number of fused-ring (bicyclic) bond motifs is 2. The fraction of sp³-hybridized carbons (Fsp3) is 0.600. The van der Waals surface area contributed by atoms with Crippen LogP contribution in [0.3, 0.4) is 0 Å². The predicted octanol–water partition coefficient (Wildman–Crippen LogP) is 3.06. The number of nitrogens with one attached hydrogen (secondary N) is 1. The third-order valence-corrected chi connectivity index (χ3v) is 5.57. The van der Waals surface area contributed by atoms with E-state index < -0.39 is 10.1 Å². The number of ether oxygens (including phenoxy) is 1. The summed E-state index contributed by atoms with van der Waals surface area (Å²) in [6.45, 7) is 5.58. The first-order chi connectivity index (χ1) is 12.8. The number of H-pyrrole nitrogens is 1. The van der Waals surface area contributed by atoms with E-state index >= 15 is 0 Å². The Balaban J connectivity index is 0.000000376. The van der Waals surface area contributed by atoms with Gasteiger partial charge in [-0.2, -0.15) is 8.42 Å². The van der Waals surface area contributed by atoms with Crippen molar-refractivity contribution >= 4 is 21.0 Å². The van der Waals surface area contributed by atoms with Crippen LogP contribution in [0, 0.1) is 5.92 Å². The molecule has 0 bridgehead atoms. The fourth-order valence-electron chi connectivity index (χ4n) is 4.80. The van der Waals surface area contributed by atoms with Crippen molar-refractivity contribution in [2.45, 2.75) is 38.1 Å². The Morgan fingerprint density at radius 2 is 2.11 bits per heavy atom. The second-order valence-electron chi connectivity index (χ2n) is 7.75. The monoisotopic (exact) mass is 394 g/mol. The summed E-state index contributed by atoms with van der Waals surface area (Å²) in [6.07, 6.45) is 6.64. The highest BCUT2D eigenvalue weighted by Crippen LogP contribution is 2.44. The average Bonchev–Trinajstić information content (AvgIpc) is 3.00. The Morgan fingerprint density at radius 1 is 1.37 bits per heavy atom. The van der Waals surface area contributed by atoms with Gasteiger partial charge in [0, 0.05) is 42.7 Å². The molecule has 6 nitrogen and oxygen atoms in total. The highest BCUT2D eigenvalue weighted by molar-refractivity contribution is 7.85. The second-order valence-corrected chi connectivity index (χ2v) is 9.21. The molecule has 1 aliphatic carbocycles. The summed E-state index contributed by atoms with van der Waals surface area (Å²) >= 11 is 0. The van der Waals surface area contributed by atoms with Crippen LogP contribution in [-0.4, -0.2) is 62.0 Å². The average molecular weight is 395 g/mol. The van der Waals surface area contributed by atoms with E-state index in [0.717, 1.165) is 6.61 Å². The van der Waals surface area contributed by atoms with Gasteiger partial charge in [0.1, 0.15) is 0 Å². The SMILES string of the molecule is CCCN1C[C@H](COC)C[C@@H]2c3cccc4[nH]cc(c34)C[C@H]21.CS(=O)(=O)O. The third-order valence-electron chi connectivity index (χ3n) is 5.57. The zero-order valence-corrected chi connectivity index (χ0v) is 17.1. The van der Waals surface area contributed by atoms with Gasteiger partial charge in [0.2, 0.25) is 0 Å². The lowest BCUT2D eigenvalue weighted by Crippen LogP contribution is -2.50. The number of likely N-dealkylation sites (tertiary alicyclic amines) is 1. The van der Waals surface area contributed by atoms with Crippen molar-refractivity contribution in [3.05, 3.63) is 35.5 Å². The number of benzene rings is 1. The molecule has 2 heterocycles. The van der Waals surface area contributed by atoms with E-state index in [1.54, 1.807) is 5.56 Å². The topological polar surface area (TPSA) is 82.6 Å². The van der Waals surface area contributed by atoms with Gasteiger partial charge in [-0.25, -0.2) is 0 Å². The number of rotatable bonds is 4. The summed E-state index contributed by atoms with van der Waals surface area (Å²) in [5, 5.41) is 1.50. The van der Waals surface area contributed by atoms with Gasteiger partial charge in [-0.1, -0.05) is 19.1 Å². The number of hydrogen-bond donors (Lipinski definition) is 2. The minimum atomic E-state index is -3.67. The molecule has 4 rings (SSSR count). The van der Waals surface area contributed by atoms with E-state index in [4.69, 9.17) is 9.29 Å². The van der Waals surface area contributed by atoms with Crippen molar-refractivity contribution in [1.29, 1.82) is 0 Å². The Labute approximate surface area is 161 Å². The molecular weight excluding hydrogens is 364 g/mol. The third kappa shape index (κ3) is 4.71. The highest BCUT2D eigenvalue weighted by atomic mass is 32.2. The molecule has 1 saturated heterocycles. The quantitative estimate of drug-likeness (QED) is 0.779. The van der Waals surface area contributed by atoms with Crippen LogP contribution in [-0.2, 0) is 21.3 Å². The molecule has 1 fully saturated rings. The van der Waals surface area contributed by atoms with Crippen molar-refractivity contribution in [3.8, 4) is 0 Å². The van der Waals surface area contributed by atoms with Crippen LogP contribution in [0.5, 0.6) is 0 Å². The summed E-state index contributed by atoms with van der Waals surface area (Å²) < 4.78 is 31.4. The first-order valence-corrected chi connectivity index (χ1v) is 11.4. The molecule has 1 aliphatic heterocycles. The first kappa shape index (κ1) is 20.3. The van der Waals surface area contributed by atoms with Gasteiger partial charge >= 0.3 is 0 Å². The summed E-state index contributed by atoms with van der Waals surface area (Å²) in [5.41, 5.74) is 4.38. The lowest BCUT2D eigenvalue weighted by atomic mass is 9.72. The summed E-state index contributed by atoms with van der Waals surface area (Å²) in [6, 6.07) is 7.45. The summed E-state index contributed by atoms with van der Waals surface area (Å²) in [4.78, 5) is 6.20. The molecule has 1 aromatic heterocycles. The molecule has 0 amide bonds. The molecule has 2 aliphatic rings. The maximum absolute atomic E-state index is 9.19. The van der Waals surface area contributed by atoms with Crippen molar-refractivity contribution in [1.82, 2.24) is 9.88 Å². The largest absolute Gasteiger partial charge is 0.384 e. The number of aromatic amines is 1. The van der Waals surface area contributed by atoms with Gasteiger partial charge in [0.05, 0.1) is 12.9 Å². The van der Waals surface area contributed by atoms with Gasteiger partial charge < -0.3 is 9.72 Å². The molecule has 2 N–H and O–H groups in total. The fourth-order valence-corrected chi connectivity index (χ4v) is 4.80. The zero-order chi connectivity index (χ0) is 19.6. The summed E-state index contributed by atoms with van der Waals surface area (Å²) in [5.74, 6) is 1.32. The maximum atomic E-state index is 9.19. The smallest absolute Gasteiger partial charge is 0.261 e. The van der Waals surface area contributed by atoms with Gasteiger partial charge in [0.25, 0.3) is 10.1 Å². The zero-order valence-electron chi connectivity index (χ0n) is 16.3. The Hall–Kier alpha value is -1.41. The van der Waals surface area contributed by atoms with Crippen molar-refractivity contribution in [2.75, 3.05) is 33.1 Å². The molecule has 0 radical (unpaired) electrons. The first-order valence-electron chi connectivity index (χ1n) is 9.56. The van der Waals surface area contributed by atoms with Crippen LogP contribution in [0.25, 0.3) is 10.9 Å². The Bertz CT molecular complexity index is 869. The van der Waals surface area contributed by atoms with E-state index in [9.17, 15) is 8.42 Å². The molecule has 0 saturated carbocycles. The van der Waals surface area contributed by atoms with E-state index in [1.165, 1.54) is 48.8 Å². The molecule has 0 spiro atoms. The number of nitrogens with zero attached hydrogens (tertiary/aromatic N) is 1. The number of piperidine rings is 1. The Kier molecular flexibility index (Phi) is 6.25. The van der Waals surface area contributed by atoms with Crippen LogP contribution >= 0.6 is 0 Å². The van der Waals surface area contributed by atoms with Crippen molar-refractivity contribution < 1.29 is 17.7 Å². The van der Waals surface area contributed by atoms with E-state index in [2.05, 4.69) is 41.2 Å². The minimum absolute atomic E-state index is 0.660. The highest BCUT2D eigenvalue weighted by Gasteiger charge is 2.40. The molecule has 3 atom stereocenters. The molecular formula is C20H30N2O4S.